The van der Waals surface area contributed by atoms with Crippen molar-refractivity contribution in [3.63, 3.8) is 0 Å². The van der Waals surface area contributed by atoms with Crippen LogP contribution in [0, 0.1) is 0 Å². The minimum Gasteiger partial charge on any atom is -0.457 e. The fraction of sp³-hybridized carbons (Fsp3) is 0.190. The Balaban J connectivity index is 1.59. The topological polar surface area (TPSA) is 41.6 Å². The molecule has 1 unspecified atom stereocenters. The highest BCUT2D eigenvalue weighted by Gasteiger charge is 2.16. The van der Waals surface area contributed by atoms with E-state index >= 15 is 0 Å². The first-order valence-electron chi connectivity index (χ1n) is 8.43. The Morgan fingerprint density at radius 1 is 1.04 bits per heavy atom. The van der Waals surface area contributed by atoms with Crippen molar-refractivity contribution >= 4 is 17.2 Å². The van der Waals surface area contributed by atoms with Crippen molar-refractivity contribution in [3.05, 3.63) is 82.6 Å². The van der Waals surface area contributed by atoms with E-state index in [4.69, 9.17) is 4.74 Å². The van der Waals surface area contributed by atoms with Gasteiger partial charge in [-0.2, -0.15) is 11.3 Å². The molecule has 0 aliphatic rings. The van der Waals surface area contributed by atoms with Crippen LogP contribution in [0.4, 0.5) is 0 Å². The molecule has 0 saturated carbocycles. The molecule has 5 heteroatoms. The summed E-state index contributed by atoms with van der Waals surface area (Å²) in [4.78, 5) is 14.6. The Labute approximate surface area is 158 Å². The molecule has 0 saturated heterocycles. The highest BCUT2D eigenvalue weighted by atomic mass is 32.1. The molecule has 134 valence electrons. The van der Waals surface area contributed by atoms with Gasteiger partial charge in [-0.15, -0.1) is 0 Å². The van der Waals surface area contributed by atoms with Crippen LogP contribution in [0.3, 0.4) is 0 Å². The van der Waals surface area contributed by atoms with Gasteiger partial charge in [0.05, 0.1) is 6.04 Å². The molecule has 1 amide bonds. The summed E-state index contributed by atoms with van der Waals surface area (Å²) in [7, 11) is 4.04. The summed E-state index contributed by atoms with van der Waals surface area (Å²) in [5.74, 6) is 1.39. The van der Waals surface area contributed by atoms with Gasteiger partial charge in [-0.3, -0.25) is 4.79 Å². The summed E-state index contributed by atoms with van der Waals surface area (Å²) >= 11 is 1.66. The van der Waals surface area contributed by atoms with Crippen LogP contribution in [-0.2, 0) is 0 Å². The number of thiophene rings is 1. The number of nitrogens with one attached hydrogen (secondary N) is 1. The van der Waals surface area contributed by atoms with Crippen molar-refractivity contribution in [1.82, 2.24) is 10.2 Å². The number of ether oxygens (including phenoxy) is 1. The van der Waals surface area contributed by atoms with E-state index < -0.39 is 0 Å². The number of amides is 1. The van der Waals surface area contributed by atoms with Gasteiger partial charge in [-0.1, -0.05) is 18.2 Å². The molecule has 0 spiro atoms. The number of hydrogen-bond donors (Lipinski definition) is 1. The molecule has 3 rings (SSSR count). The molecule has 0 aliphatic heterocycles. The largest absolute Gasteiger partial charge is 0.457 e. The van der Waals surface area contributed by atoms with Crippen LogP contribution >= 0.6 is 11.3 Å². The quantitative estimate of drug-likeness (QED) is 0.666. The molecule has 0 fully saturated rings. The van der Waals surface area contributed by atoms with Crippen molar-refractivity contribution in [2.45, 2.75) is 6.04 Å². The number of para-hydroxylation sites is 1. The van der Waals surface area contributed by atoms with Gasteiger partial charge < -0.3 is 15.0 Å². The fourth-order valence-electron chi connectivity index (χ4n) is 2.65. The van der Waals surface area contributed by atoms with E-state index in [1.54, 1.807) is 23.5 Å². The highest BCUT2D eigenvalue weighted by Crippen LogP contribution is 2.22. The van der Waals surface area contributed by atoms with Gasteiger partial charge in [0.1, 0.15) is 11.5 Å². The zero-order chi connectivity index (χ0) is 18.4. The predicted octanol–water partition coefficient (Wildman–Crippen LogP) is 4.57. The molecule has 1 N–H and O–H groups in total. The van der Waals surface area contributed by atoms with Gasteiger partial charge in [0.25, 0.3) is 5.91 Å². The molecule has 0 aliphatic carbocycles. The lowest BCUT2D eigenvalue weighted by Gasteiger charge is -2.24. The zero-order valence-electron chi connectivity index (χ0n) is 14.9. The predicted molar refractivity (Wildman–Crippen MR) is 106 cm³/mol. The summed E-state index contributed by atoms with van der Waals surface area (Å²) < 4.78 is 5.75. The second-order valence-corrected chi connectivity index (χ2v) is 6.97. The second kappa shape index (κ2) is 8.65. The molecule has 1 heterocycles. The second-order valence-electron chi connectivity index (χ2n) is 6.19. The zero-order valence-corrected chi connectivity index (χ0v) is 15.7. The Morgan fingerprint density at radius 2 is 1.73 bits per heavy atom. The van der Waals surface area contributed by atoms with Gasteiger partial charge in [0.2, 0.25) is 0 Å². The molecule has 3 aromatic rings. The van der Waals surface area contributed by atoms with Gasteiger partial charge in [0.15, 0.2) is 0 Å². The van der Waals surface area contributed by atoms with Gasteiger partial charge in [0, 0.05) is 12.1 Å². The molecule has 1 atom stereocenters. The summed E-state index contributed by atoms with van der Waals surface area (Å²) in [5.41, 5.74) is 1.83. The third-order valence-electron chi connectivity index (χ3n) is 4.10. The van der Waals surface area contributed by atoms with E-state index in [9.17, 15) is 4.79 Å². The Hall–Kier alpha value is -2.63. The van der Waals surface area contributed by atoms with E-state index in [0.717, 1.165) is 5.75 Å². The van der Waals surface area contributed by atoms with Crippen LogP contribution in [0.5, 0.6) is 11.5 Å². The van der Waals surface area contributed by atoms with E-state index in [-0.39, 0.29) is 11.9 Å². The summed E-state index contributed by atoms with van der Waals surface area (Å²) in [6.45, 7) is 0.560. The number of carbonyl (C=O) groups excluding carboxylic acids is 1. The summed E-state index contributed by atoms with van der Waals surface area (Å²) in [5, 5.41) is 7.19. The van der Waals surface area contributed by atoms with Crippen LogP contribution in [-0.4, -0.2) is 31.4 Å². The SMILES string of the molecule is CN(C)C(CNC(=O)c1ccc(Oc2ccccc2)cc1)c1ccsc1. The first kappa shape index (κ1) is 18.2. The van der Waals surface area contributed by atoms with Crippen molar-refractivity contribution in [3.8, 4) is 11.5 Å². The number of carbonyl (C=O) groups is 1. The van der Waals surface area contributed by atoms with Crippen LogP contribution < -0.4 is 10.1 Å². The average Bonchev–Trinajstić information content (AvgIpc) is 3.17. The normalized spacial score (nSPS) is 12.0. The van der Waals surface area contributed by atoms with E-state index in [1.165, 1.54) is 5.56 Å². The smallest absolute Gasteiger partial charge is 0.251 e. The third-order valence-corrected chi connectivity index (χ3v) is 4.80. The first-order valence-corrected chi connectivity index (χ1v) is 9.37. The summed E-state index contributed by atoms with van der Waals surface area (Å²) in [6, 6.07) is 19.0. The van der Waals surface area contributed by atoms with Gasteiger partial charge >= 0.3 is 0 Å². The number of rotatable bonds is 7. The molecule has 0 radical (unpaired) electrons. The Kier molecular flexibility index (Phi) is 6.04. The molecular weight excluding hydrogens is 344 g/mol. The standard InChI is InChI=1S/C21H22N2O2S/c1-23(2)20(17-12-13-26-15-17)14-22-21(24)16-8-10-19(11-9-16)25-18-6-4-3-5-7-18/h3-13,15,20H,14H2,1-2H3,(H,22,24). The molecule has 2 aromatic carbocycles. The van der Waals surface area contributed by atoms with Crippen LogP contribution in [0.25, 0.3) is 0 Å². The maximum atomic E-state index is 12.4. The number of nitrogens with zero attached hydrogens (tertiary/aromatic N) is 1. The highest BCUT2D eigenvalue weighted by molar-refractivity contribution is 7.07. The van der Waals surface area contributed by atoms with Gasteiger partial charge in [-0.05, 0) is 72.9 Å². The van der Waals surface area contributed by atoms with Crippen molar-refractivity contribution in [2.24, 2.45) is 0 Å². The Morgan fingerprint density at radius 3 is 2.35 bits per heavy atom. The lowest BCUT2D eigenvalue weighted by molar-refractivity contribution is 0.0942. The average molecular weight is 366 g/mol. The van der Waals surface area contributed by atoms with E-state index in [1.807, 2.05) is 56.6 Å². The van der Waals surface area contributed by atoms with Crippen molar-refractivity contribution in [1.29, 1.82) is 0 Å². The molecule has 4 nitrogen and oxygen atoms in total. The number of likely N-dealkylation sites (N-methyl/N-ethyl adjacent to an activating group) is 1. The monoisotopic (exact) mass is 366 g/mol. The van der Waals surface area contributed by atoms with Crippen LogP contribution in [0.2, 0.25) is 0 Å². The number of benzene rings is 2. The van der Waals surface area contributed by atoms with Crippen molar-refractivity contribution in [2.75, 3.05) is 20.6 Å². The van der Waals surface area contributed by atoms with E-state index in [2.05, 4.69) is 27.0 Å². The lowest BCUT2D eigenvalue weighted by atomic mass is 10.1. The number of hydrogen-bond acceptors (Lipinski definition) is 4. The summed E-state index contributed by atoms with van der Waals surface area (Å²) in [6.07, 6.45) is 0. The van der Waals surface area contributed by atoms with Crippen LogP contribution in [0.1, 0.15) is 22.0 Å². The van der Waals surface area contributed by atoms with Gasteiger partial charge in [-0.25, -0.2) is 0 Å². The van der Waals surface area contributed by atoms with E-state index in [0.29, 0.717) is 17.9 Å². The maximum absolute atomic E-state index is 12.4. The minimum absolute atomic E-state index is 0.0849. The molecule has 1 aromatic heterocycles. The molecule has 26 heavy (non-hydrogen) atoms. The maximum Gasteiger partial charge on any atom is 0.251 e. The third kappa shape index (κ3) is 4.71. The molecular formula is C21H22N2O2S. The minimum atomic E-state index is -0.0849. The fourth-order valence-corrected chi connectivity index (χ4v) is 3.36. The lowest BCUT2D eigenvalue weighted by Crippen LogP contribution is -2.34. The van der Waals surface area contributed by atoms with Crippen molar-refractivity contribution < 1.29 is 9.53 Å². The Bertz CT molecular complexity index is 815. The first-order chi connectivity index (χ1) is 12.6. The molecule has 0 bridgehead atoms. The van der Waals surface area contributed by atoms with Crippen LogP contribution in [0.15, 0.2) is 71.4 Å².